The average Bonchev–Trinajstić information content (AvgIpc) is 3.37. The van der Waals surface area contributed by atoms with Gasteiger partial charge in [0.15, 0.2) is 0 Å². The summed E-state index contributed by atoms with van der Waals surface area (Å²) in [4.78, 5) is 17.4. The van der Waals surface area contributed by atoms with Crippen LogP contribution in [-0.2, 0) is 11.3 Å². The SMILES string of the molecule is CC(C1CC1)N(Cc1ccccc1)C(=O)CN1CCC(C)(CN)C1. The highest BCUT2D eigenvalue weighted by molar-refractivity contribution is 5.78. The highest BCUT2D eigenvalue weighted by Crippen LogP contribution is 2.36. The Morgan fingerprint density at radius 1 is 1.38 bits per heavy atom. The number of rotatable bonds is 7. The van der Waals surface area contributed by atoms with Gasteiger partial charge in [0.05, 0.1) is 6.54 Å². The zero-order chi connectivity index (χ0) is 17.2. The largest absolute Gasteiger partial charge is 0.334 e. The molecule has 4 nitrogen and oxygen atoms in total. The summed E-state index contributed by atoms with van der Waals surface area (Å²) in [5.41, 5.74) is 7.28. The summed E-state index contributed by atoms with van der Waals surface area (Å²) < 4.78 is 0. The van der Waals surface area contributed by atoms with E-state index < -0.39 is 0 Å². The summed E-state index contributed by atoms with van der Waals surface area (Å²) in [6.07, 6.45) is 3.61. The number of amides is 1. The predicted molar refractivity (Wildman–Crippen MR) is 97.4 cm³/mol. The summed E-state index contributed by atoms with van der Waals surface area (Å²) in [7, 11) is 0. The molecule has 2 aliphatic rings. The van der Waals surface area contributed by atoms with Gasteiger partial charge in [-0.2, -0.15) is 0 Å². The first-order valence-corrected chi connectivity index (χ1v) is 9.26. The molecule has 2 unspecified atom stereocenters. The summed E-state index contributed by atoms with van der Waals surface area (Å²) in [5, 5.41) is 0. The first-order chi connectivity index (χ1) is 11.5. The number of carbonyl (C=O) groups is 1. The molecule has 1 aliphatic carbocycles. The van der Waals surface area contributed by atoms with Crippen molar-refractivity contribution in [2.24, 2.45) is 17.1 Å². The first kappa shape index (κ1) is 17.4. The smallest absolute Gasteiger partial charge is 0.237 e. The molecule has 0 bridgehead atoms. The number of likely N-dealkylation sites (tertiary alicyclic amines) is 1. The lowest BCUT2D eigenvalue weighted by Crippen LogP contribution is -2.45. The van der Waals surface area contributed by atoms with Crippen LogP contribution >= 0.6 is 0 Å². The van der Waals surface area contributed by atoms with Crippen molar-refractivity contribution in [3.8, 4) is 0 Å². The molecule has 1 heterocycles. The fraction of sp³-hybridized carbons (Fsp3) is 0.650. The second-order valence-corrected chi connectivity index (χ2v) is 8.06. The Morgan fingerprint density at radius 3 is 2.67 bits per heavy atom. The lowest BCUT2D eigenvalue weighted by atomic mass is 9.90. The van der Waals surface area contributed by atoms with Crippen LogP contribution in [0, 0.1) is 11.3 Å². The van der Waals surface area contributed by atoms with Gasteiger partial charge in [-0.25, -0.2) is 0 Å². The molecule has 1 aliphatic heterocycles. The van der Waals surface area contributed by atoms with Gasteiger partial charge in [-0.05, 0) is 56.2 Å². The molecule has 1 aromatic rings. The van der Waals surface area contributed by atoms with Gasteiger partial charge in [-0.1, -0.05) is 37.3 Å². The van der Waals surface area contributed by atoms with Crippen LogP contribution in [0.1, 0.15) is 38.7 Å². The Kier molecular flexibility index (Phi) is 5.26. The van der Waals surface area contributed by atoms with Crippen LogP contribution in [0.25, 0.3) is 0 Å². The Bertz CT molecular complexity index is 557. The Hall–Kier alpha value is -1.39. The average molecular weight is 329 g/mol. The first-order valence-electron chi connectivity index (χ1n) is 9.26. The van der Waals surface area contributed by atoms with Gasteiger partial charge in [-0.3, -0.25) is 9.69 Å². The highest BCUT2D eigenvalue weighted by atomic mass is 16.2. The molecule has 0 spiro atoms. The minimum atomic E-state index is 0.173. The molecule has 2 atom stereocenters. The van der Waals surface area contributed by atoms with E-state index in [1.807, 2.05) is 18.2 Å². The molecule has 2 N–H and O–H groups in total. The number of benzene rings is 1. The highest BCUT2D eigenvalue weighted by Gasteiger charge is 2.37. The third-order valence-electron chi connectivity index (χ3n) is 5.80. The van der Waals surface area contributed by atoms with E-state index in [0.29, 0.717) is 25.0 Å². The van der Waals surface area contributed by atoms with Gasteiger partial charge in [0.2, 0.25) is 5.91 Å². The maximum Gasteiger partial charge on any atom is 0.237 e. The molecule has 1 saturated carbocycles. The van der Waals surface area contributed by atoms with E-state index in [9.17, 15) is 4.79 Å². The van der Waals surface area contributed by atoms with E-state index in [1.54, 1.807) is 0 Å². The Labute approximate surface area is 146 Å². The van der Waals surface area contributed by atoms with Gasteiger partial charge < -0.3 is 10.6 Å². The zero-order valence-electron chi connectivity index (χ0n) is 15.1. The van der Waals surface area contributed by atoms with Crippen molar-refractivity contribution < 1.29 is 4.79 Å². The minimum absolute atomic E-state index is 0.173. The lowest BCUT2D eigenvalue weighted by Gasteiger charge is -2.31. The van der Waals surface area contributed by atoms with Crippen LogP contribution in [0.4, 0.5) is 0 Å². The number of hydrogen-bond acceptors (Lipinski definition) is 3. The van der Waals surface area contributed by atoms with Crippen molar-refractivity contribution in [2.75, 3.05) is 26.2 Å². The van der Waals surface area contributed by atoms with Crippen LogP contribution < -0.4 is 5.73 Å². The standard InChI is InChI=1S/C20H31N3O/c1-16(18-8-9-18)23(12-17-6-4-3-5-7-17)19(24)13-22-11-10-20(2,14-21)15-22/h3-7,16,18H,8-15,21H2,1-2H3. The van der Waals surface area contributed by atoms with Gasteiger partial charge in [-0.15, -0.1) is 0 Å². The maximum atomic E-state index is 13.0. The monoisotopic (exact) mass is 329 g/mol. The van der Waals surface area contributed by atoms with Crippen LogP contribution in [-0.4, -0.2) is 47.9 Å². The fourth-order valence-corrected chi connectivity index (χ4v) is 3.78. The maximum absolute atomic E-state index is 13.0. The lowest BCUT2D eigenvalue weighted by molar-refractivity contribution is -0.135. The van der Waals surface area contributed by atoms with E-state index in [2.05, 4.69) is 35.8 Å². The third-order valence-corrected chi connectivity index (χ3v) is 5.80. The molecule has 132 valence electrons. The van der Waals surface area contributed by atoms with Crippen LogP contribution in [0.5, 0.6) is 0 Å². The van der Waals surface area contributed by atoms with Crippen molar-refractivity contribution in [1.29, 1.82) is 0 Å². The Morgan fingerprint density at radius 2 is 2.08 bits per heavy atom. The van der Waals surface area contributed by atoms with Crippen molar-refractivity contribution in [2.45, 2.75) is 45.7 Å². The molecule has 1 saturated heterocycles. The van der Waals surface area contributed by atoms with Crippen molar-refractivity contribution in [3.05, 3.63) is 35.9 Å². The van der Waals surface area contributed by atoms with E-state index in [4.69, 9.17) is 5.73 Å². The quantitative estimate of drug-likeness (QED) is 0.836. The molecular formula is C20H31N3O. The fourth-order valence-electron chi connectivity index (χ4n) is 3.78. The van der Waals surface area contributed by atoms with E-state index >= 15 is 0 Å². The van der Waals surface area contributed by atoms with Gasteiger partial charge in [0.1, 0.15) is 0 Å². The number of carbonyl (C=O) groups excluding carboxylic acids is 1. The van der Waals surface area contributed by atoms with Gasteiger partial charge in [0.25, 0.3) is 0 Å². The normalized spacial score (nSPS) is 25.6. The van der Waals surface area contributed by atoms with Crippen molar-refractivity contribution in [1.82, 2.24) is 9.80 Å². The second-order valence-electron chi connectivity index (χ2n) is 8.06. The third kappa shape index (κ3) is 4.17. The molecule has 1 amide bonds. The summed E-state index contributed by atoms with van der Waals surface area (Å²) in [6.45, 7) is 8.31. The van der Waals surface area contributed by atoms with Crippen molar-refractivity contribution in [3.63, 3.8) is 0 Å². The summed E-state index contributed by atoms with van der Waals surface area (Å²) in [6, 6.07) is 10.7. The van der Waals surface area contributed by atoms with Crippen LogP contribution in [0.15, 0.2) is 30.3 Å². The van der Waals surface area contributed by atoms with E-state index in [-0.39, 0.29) is 11.3 Å². The number of nitrogens with zero attached hydrogens (tertiary/aromatic N) is 2. The molecule has 2 fully saturated rings. The molecule has 3 rings (SSSR count). The molecule has 4 heteroatoms. The minimum Gasteiger partial charge on any atom is -0.334 e. The van der Waals surface area contributed by atoms with Gasteiger partial charge in [0, 0.05) is 19.1 Å². The second kappa shape index (κ2) is 7.24. The van der Waals surface area contributed by atoms with E-state index in [0.717, 1.165) is 26.1 Å². The Balaban J connectivity index is 1.65. The number of hydrogen-bond donors (Lipinski definition) is 1. The zero-order valence-corrected chi connectivity index (χ0v) is 15.1. The van der Waals surface area contributed by atoms with Crippen molar-refractivity contribution >= 4 is 5.91 Å². The molecule has 1 aromatic carbocycles. The topological polar surface area (TPSA) is 49.6 Å². The molecular weight excluding hydrogens is 298 g/mol. The van der Waals surface area contributed by atoms with Crippen LogP contribution in [0.2, 0.25) is 0 Å². The number of nitrogens with two attached hydrogens (primary N) is 1. The summed E-state index contributed by atoms with van der Waals surface area (Å²) >= 11 is 0. The van der Waals surface area contributed by atoms with Gasteiger partial charge >= 0.3 is 0 Å². The molecule has 0 radical (unpaired) electrons. The van der Waals surface area contributed by atoms with E-state index in [1.165, 1.54) is 18.4 Å². The molecule has 24 heavy (non-hydrogen) atoms. The summed E-state index contributed by atoms with van der Waals surface area (Å²) in [5.74, 6) is 0.949. The predicted octanol–water partition coefficient (Wildman–Crippen LogP) is 2.48. The van der Waals surface area contributed by atoms with Crippen LogP contribution in [0.3, 0.4) is 0 Å². The molecule has 0 aromatic heterocycles.